The van der Waals surface area contributed by atoms with Crippen LogP contribution in [0, 0.1) is 0 Å². The fraction of sp³-hybridized carbons (Fsp3) is 0.318. The zero-order valence-corrected chi connectivity index (χ0v) is 18.9. The van der Waals surface area contributed by atoms with E-state index in [0.717, 1.165) is 41.8 Å². The topological polar surface area (TPSA) is 122 Å². The molecule has 0 radical (unpaired) electrons. The Kier molecular flexibility index (Phi) is 7.02. The van der Waals surface area contributed by atoms with Gasteiger partial charge in [-0.1, -0.05) is 23.8 Å². The molecule has 10 nitrogen and oxygen atoms in total. The third-order valence-electron chi connectivity index (χ3n) is 5.59. The highest BCUT2D eigenvalue weighted by Crippen LogP contribution is 2.21. The highest BCUT2D eigenvalue weighted by atomic mass is 32.2. The summed E-state index contributed by atoms with van der Waals surface area (Å²) in [4.78, 5) is 13.7. The molecule has 0 spiro atoms. The molecule has 1 fully saturated rings. The molecule has 174 valence electrons. The lowest BCUT2D eigenvalue weighted by molar-refractivity contribution is -0.124. The van der Waals surface area contributed by atoms with Gasteiger partial charge in [-0.15, -0.1) is 5.10 Å². The maximum absolute atomic E-state index is 12.9. The summed E-state index contributed by atoms with van der Waals surface area (Å²) in [5.74, 6) is -0.704. The molecule has 1 aromatic carbocycles. The summed E-state index contributed by atoms with van der Waals surface area (Å²) in [7, 11) is -3.79. The van der Waals surface area contributed by atoms with Crippen LogP contribution in [0.3, 0.4) is 0 Å². The van der Waals surface area contributed by atoms with Crippen LogP contribution in [0.15, 0.2) is 59.9 Å². The van der Waals surface area contributed by atoms with Crippen LogP contribution in [-0.2, 0) is 21.4 Å². The Labute approximate surface area is 192 Å². The summed E-state index contributed by atoms with van der Waals surface area (Å²) in [6.07, 6.45) is 11.0. The van der Waals surface area contributed by atoms with Crippen molar-refractivity contribution in [1.29, 1.82) is 0 Å². The van der Waals surface area contributed by atoms with E-state index in [1.807, 2.05) is 10.9 Å². The Morgan fingerprint density at radius 1 is 1.06 bits per heavy atom. The van der Waals surface area contributed by atoms with E-state index in [-0.39, 0.29) is 4.90 Å². The minimum atomic E-state index is -3.79. The van der Waals surface area contributed by atoms with E-state index in [1.165, 1.54) is 55.3 Å². The van der Waals surface area contributed by atoms with E-state index in [0.29, 0.717) is 11.3 Å². The first-order valence-electron chi connectivity index (χ1n) is 10.7. The first kappa shape index (κ1) is 22.9. The van der Waals surface area contributed by atoms with Crippen molar-refractivity contribution in [3.63, 3.8) is 0 Å². The van der Waals surface area contributed by atoms with Crippen molar-refractivity contribution >= 4 is 22.0 Å². The maximum atomic E-state index is 12.9. The average Bonchev–Trinajstić information content (AvgIpc) is 3.52. The SMILES string of the molecule is O=C(C=Cc1ccn(S(=O)(=O)c2ccc(-c3cn(CCN4CCCCC4)nn3)cc2)c1)NO. The van der Waals surface area contributed by atoms with Crippen LogP contribution < -0.4 is 5.48 Å². The highest BCUT2D eigenvalue weighted by molar-refractivity contribution is 7.90. The number of benzene rings is 1. The van der Waals surface area contributed by atoms with Crippen LogP contribution in [0.1, 0.15) is 24.8 Å². The monoisotopic (exact) mass is 470 g/mol. The van der Waals surface area contributed by atoms with E-state index in [1.54, 1.807) is 18.2 Å². The highest BCUT2D eigenvalue weighted by Gasteiger charge is 2.17. The quantitative estimate of drug-likeness (QED) is 0.293. The van der Waals surface area contributed by atoms with Gasteiger partial charge in [0, 0.05) is 30.6 Å². The van der Waals surface area contributed by atoms with Gasteiger partial charge in [0.1, 0.15) is 5.69 Å². The van der Waals surface area contributed by atoms with Gasteiger partial charge in [0.2, 0.25) is 0 Å². The molecule has 1 aliphatic rings. The molecular formula is C22H26N6O4S. The molecule has 0 atom stereocenters. The zero-order chi connectivity index (χ0) is 23.3. The van der Waals surface area contributed by atoms with Gasteiger partial charge in [-0.3, -0.25) is 14.7 Å². The van der Waals surface area contributed by atoms with Gasteiger partial charge in [-0.05, 0) is 55.8 Å². The fourth-order valence-corrected chi connectivity index (χ4v) is 4.94. The maximum Gasteiger partial charge on any atom is 0.267 e. The Morgan fingerprint density at radius 3 is 2.55 bits per heavy atom. The second-order valence-corrected chi connectivity index (χ2v) is 9.73. The minimum absolute atomic E-state index is 0.128. The van der Waals surface area contributed by atoms with Gasteiger partial charge in [0.05, 0.1) is 17.6 Å². The van der Waals surface area contributed by atoms with Gasteiger partial charge >= 0.3 is 0 Å². The fourth-order valence-electron chi connectivity index (χ4n) is 3.74. The standard InChI is InChI=1S/C22H26N6O4S/c29-22(24-30)9-4-18-10-13-28(16-18)33(31,32)20-7-5-19(6-8-20)21-17-27(25-23-21)15-14-26-11-2-1-3-12-26/h4-10,13,16-17,30H,1-3,11-12,14-15H2,(H,24,29). The number of rotatable bonds is 8. The van der Waals surface area contributed by atoms with E-state index in [9.17, 15) is 13.2 Å². The molecule has 3 aromatic rings. The zero-order valence-electron chi connectivity index (χ0n) is 18.0. The van der Waals surface area contributed by atoms with Gasteiger partial charge in [-0.25, -0.2) is 17.9 Å². The molecule has 3 heterocycles. The van der Waals surface area contributed by atoms with Crippen molar-refractivity contribution in [3.05, 3.63) is 60.6 Å². The lowest BCUT2D eigenvalue weighted by Gasteiger charge is -2.25. The van der Waals surface area contributed by atoms with Crippen LogP contribution in [0.2, 0.25) is 0 Å². The number of nitrogens with one attached hydrogen (secondary N) is 1. The predicted molar refractivity (Wildman–Crippen MR) is 122 cm³/mol. The third-order valence-corrected chi connectivity index (χ3v) is 7.24. The third kappa shape index (κ3) is 5.56. The van der Waals surface area contributed by atoms with Gasteiger partial charge in [-0.2, -0.15) is 0 Å². The lowest BCUT2D eigenvalue weighted by Crippen LogP contribution is -2.32. The molecule has 1 amide bonds. The first-order valence-corrected chi connectivity index (χ1v) is 12.2. The molecule has 1 aliphatic heterocycles. The number of likely N-dealkylation sites (tertiary alicyclic amines) is 1. The second kappa shape index (κ2) is 10.1. The predicted octanol–water partition coefficient (Wildman–Crippen LogP) is 1.99. The largest absolute Gasteiger partial charge is 0.301 e. The van der Waals surface area contributed by atoms with Crippen LogP contribution in [0.4, 0.5) is 0 Å². The second-order valence-electron chi connectivity index (χ2n) is 7.88. The summed E-state index contributed by atoms with van der Waals surface area (Å²) >= 11 is 0. The van der Waals surface area contributed by atoms with Crippen molar-refractivity contribution in [2.45, 2.75) is 30.7 Å². The molecule has 2 N–H and O–H groups in total. The van der Waals surface area contributed by atoms with Crippen molar-refractivity contribution < 1.29 is 18.4 Å². The molecule has 33 heavy (non-hydrogen) atoms. The molecule has 1 saturated heterocycles. The molecule has 4 rings (SSSR count). The number of amides is 1. The average molecular weight is 471 g/mol. The van der Waals surface area contributed by atoms with E-state index in [2.05, 4.69) is 15.2 Å². The lowest BCUT2D eigenvalue weighted by atomic mass is 10.1. The summed E-state index contributed by atoms with van der Waals surface area (Å²) in [5, 5.41) is 16.9. The van der Waals surface area contributed by atoms with Crippen LogP contribution in [-0.4, -0.2) is 63.0 Å². The molecule has 0 saturated carbocycles. The van der Waals surface area contributed by atoms with Crippen LogP contribution >= 0.6 is 0 Å². The van der Waals surface area contributed by atoms with E-state index >= 15 is 0 Å². The van der Waals surface area contributed by atoms with E-state index < -0.39 is 15.9 Å². The van der Waals surface area contributed by atoms with Gasteiger partial charge in [0.25, 0.3) is 15.9 Å². The molecule has 0 unspecified atom stereocenters. The normalized spacial score (nSPS) is 15.2. The van der Waals surface area contributed by atoms with Gasteiger partial charge < -0.3 is 4.90 Å². The molecule has 0 bridgehead atoms. The summed E-state index contributed by atoms with van der Waals surface area (Å²) in [6.45, 7) is 3.98. The van der Waals surface area contributed by atoms with Crippen LogP contribution in [0.5, 0.6) is 0 Å². The number of hydrogen-bond acceptors (Lipinski definition) is 7. The Hall–Kier alpha value is -3.28. The number of hydrogen-bond donors (Lipinski definition) is 2. The van der Waals surface area contributed by atoms with Crippen molar-refractivity contribution in [3.8, 4) is 11.3 Å². The van der Waals surface area contributed by atoms with E-state index in [4.69, 9.17) is 5.21 Å². The Morgan fingerprint density at radius 2 is 1.82 bits per heavy atom. The first-order chi connectivity index (χ1) is 16.0. The molecular weight excluding hydrogens is 444 g/mol. The molecule has 2 aromatic heterocycles. The minimum Gasteiger partial charge on any atom is -0.301 e. The van der Waals surface area contributed by atoms with Gasteiger partial charge in [0.15, 0.2) is 0 Å². The summed E-state index contributed by atoms with van der Waals surface area (Å²) in [6, 6.07) is 8.04. The number of nitrogens with zero attached hydrogens (tertiary/aromatic N) is 5. The Balaban J connectivity index is 1.42. The number of hydroxylamine groups is 1. The molecule has 0 aliphatic carbocycles. The number of carbonyl (C=O) groups excluding carboxylic acids is 1. The summed E-state index contributed by atoms with van der Waals surface area (Å²) < 4.78 is 28.7. The van der Waals surface area contributed by atoms with Crippen molar-refractivity contribution in [2.24, 2.45) is 0 Å². The smallest absolute Gasteiger partial charge is 0.267 e. The summed E-state index contributed by atoms with van der Waals surface area (Å²) in [5.41, 5.74) is 3.45. The number of carbonyl (C=O) groups is 1. The van der Waals surface area contributed by atoms with Crippen molar-refractivity contribution in [2.75, 3.05) is 19.6 Å². The number of piperidine rings is 1. The Bertz CT molecular complexity index is 1220. The van der Waals surface area contributed by atoms with Crippen molar-refractivity contribution in [1.82, 2.24) is 29.3 Å². The number of aromatic nitrogens is 4. The van der Waals surface area contributed by atoms with Crippen LogP contribution in [0.25, 0.3) is 17.3 Å². The molecule has 11 heteroatoms.